The third-order valence-electron chi connectivity index (χ3n) is 13.5. The maximum Gasteiger partial charge on any atom is 0.411 e. The molecule has 1 saturated heterocycles. The Balaban J connectivity index is 1.21. The molecule has 356 valence electrons. The largest absolute Gasteiger partial charge is 0.497 e. The summed E-state index contributed by atoms with van der Waals surface area (Å²) in [6.45, 7) is 5.09. The zero-order chi connectivity index (χ0) is 47.5. The predicted molar refractivity (Wildman–Crippen MR) is 233 cm³/mol. The van der Waals surface area contributed by atoms with Crippen LogP contribution in [0.4, 0.5) is 18.0 Å². The number of sulfonamides is 1. The Morgan fingerprint density at radius 2 is 1.74 bits per heavy atom. The molecular weight excluding hydrogens is 888 g/mol. The van der Waals surface area contributed by atoms with Crippen molar-refractivity contribution in [3.8, 4) is 34.4 Å². The van der Waals surface area contributed by atoms with E-state index < -0.39 is 92.9 Å². The molecule has 0 radical (unpaired) electrons. The molecule has 0 unspecified atom stereocenters. The van der Waals surface area contributed by atoms with Crippen molar-refractivity contribution in [3.05, 3.63) is 54.6 Å². The first kappa shape index (κ1) is 46.7. The van der Waals surface area contributed by atoms with Crippen molar-refractivity contribution in [1.29, 1.82) is 0 Å². The number of hydrogen-bond donors (Lipinski definition) is 3. The number of fused-ring (bicyclic) bond motifs is 4. The standard InChI is InChI=1S/C46H54F3N5O11S/c1-25-8-6-7-9-29-23-45(29,42(57)52-66(60,61)32-12-13-32)51-39(55)35-22-31(24-53(35)41(56)38(26(2)18-25)54(43(58)59)44(3,4)46(47,48)49)65-40-33-14-11-30(62-5)19-28(33)20-34(50-40)27-10-15-36-37(21-27)64-17-16-63-36/h7,9-11,14-15,19-21,25-26,29,31-32,35,38H,6,8,12-13,16-18,22-24H2,1-5H3,(H,51,55)(H,52,57)(H,58,59)/t25-,26-,29-,31-,35+,38+,45-/m1/s1. The lowest BCUT2D eigenvalue weighted by atomic mass is 9.85. The lowest BCUT2D eigenvalue weighted by Crippen LogP contribution is -2.66. The number of ether oxygens (including phenoxy) is 4. The third kappa shape index (κ3) is 9.04. The van der Waals surface area contributed by atoms with E-state index in [4.69, 9.17) is 23.9 Å². The second kappa shape index (κ2) is 17.5. The van der Waals surface area contributed by atoms with E-state index >= 15 is 4.79 Å². The topological polar surface area (TPSA) is 203 Å². The Hall–Kier alpha value is -5.79. The highest BCUT2D eigenvalue weighted by atomic mass is 32.2. The maximum atomic E-state index is 15.3. The zero-order valence-electron chi connectivity index (χ0n) is 37.2. The van der Waals surface area contributed by atoms with Gasteiger partial charge in [0.05, 0.1) is 24.6 Å². The summed E-state index contributed by atoms with van der Waals surface area (Å²) >= 11 is 0. The lowest BCUT2D eigenvalue weighted by Gasteiger charge is -2.45. The Bertz CT molecular complexity index is 2570. The molecule has 3 aliphatic heterocycles. The maximum absolute atomic E-state index is 15.3. The van der Waals surface area contributed by atoms with Crippen molar-refractivity contribution in [2.75, 3.05) is 26.9 Å². The highest BCUT2D eigenvalue weighted by Crippen LogP contribution is 2.47. The molecule has 8 rings (SSSR count). The summed E-state index contributed by atoms with van der Waals surface area (Å²) in [7, 11) is -2.54. The van der Waals surface area contributed by atoms with E-state index in [2.05, 4.69) is 10.0 Å². The number of carbonyl (C=O) groups is 4. The molecule has 4 heterocycles. The summed E-state index contributed by atoms with van der Waals surface area (Å²) in [6.07, 6.45) is -3.01. The van der Waals surface area contributed by atoms with Gasteiger partial charge in [0.1, 0.15) is 48.2 Å². The molecule has 0 spiro atoms. The van der Waals surface area contributed by atoms with E-state index in [1.807, 2.05) is 13.0 Å². The molecular formula is C46H54F3N5O11S. The average Bonchev–Trinajstić information content (AvgIpc) is 4.19. The Kier molecular flexibility index (Phi) is 12.4. The van der Waals surface area contributed by atoms with Crippen LogP contribution in [0, 0.1) is 17.8 Å². The van der Waals surface area contributed by atoms with E-state index in [0.717, 1.165) is 4.90 Å². The van der Waals surface area contributed by atoms with Crippen molar-refractivity contribution >= 4 is 44.6 Å². The molecule has 2 aromatic carbocycles. The van der Waals surface area contributed by atoms with E-state index in [-0.39, 0.29) is 36.0 Å². The molecule has 3 fully saturated rings. The average molecular weight is 942 g/mol. The highest BCUT2D eigenvalue weighted by Gasteiger charge is 2.63. The minimum absolute atomic E-state index is 0.0374. The van der Waals surface area contributed by atoms with Crippen LogP contribution in [0.3, 0.4) is 0 Å². The van der Waals surface area contributed by atoms with Gasteiger partial charge in [-0.3, -0.25) is 24.0 Å². The van der Waals surface area contributed by atoms with Crippen LogP contribution in [0.2, 0.25) is 0 Å². The molecule has 66 heavy (non-hydrogen) atoms. The number of benzene rings is 2. The molecule has 4 amide bonds. The number of nitrogens with zero attached hydrogens (tertiary/aromatic N) is 3. The van der Waals surface area contributed by atoms with Crippen molar-refractivity contribution in [2.45, 2.75) is 113 Å². The molecule has 3 aromatic rings. The first-order chi connectivity index (χ1) is 31.1. The SMILES string of the molecule is COc1ccc2c(O[C@@H]3C[C@H]4C(=O)N[C@]5(C(=O)NS(=O)(=O)C6CC6)C[C@H]5C=CCC[C@@H](C)C[C@@H](C)[C@H](N(C(=O)O)C(C)(C)C(F)(F)F)C(=O)N4C3)nc(-c3ccc4c(c3)OCCO4)cc2c1. The Morgan fingerprint density at radius 1 is 1.02 bits per heavy atom. The Labute approximate surface area is 380 Å². The van der Waals surface area contributed by atoms with Crippen LogP contribution in [-0.2, 0) is 24.4 Å². The minimum atomic E-state index is -5.12. The highest BCUT2D eigenvalue weighted by molar-refractivity contribution is 7.91. The van der Waals surface area contributed by atoms with Crippen LogP contribution in [0.25, 0.3) is 22.0 Å². The molecule has 0 bridgehead atoms. The lowest BCUT2D eigenvalue weighted by molar-refractivity contribution is -0.222. The van der Waals surface area contributed by atoms with Crippen LogP contribution >= 0.6 is 0 Å². The molecule has 7 atom stereocenters. The van der Waals surface area contributed by atoms with Crippen molar-refractivity contribution in [2.24, 2.45) is 17.8 Å². The zero-order valence-corrected chi connectivity index (χ0v) is 38.0. The number of alkyl halides is 3. The first-order valence-corrected chi connectivity index (χ1v) is 23.7. The quantitative estimate of drug-likeness (QED) is 0.205. The minimum Gasteiger partial charge on any atom is -0.497 e. The summed E-state index contributed by atoms with van der Waals surface area (Å²) in [4.78, 5) is 63.2. The van der Waals surface area contributed by atoms with Crippen LogP contribution in [-0.4, -0.2) is 120 Å². The molecule has 2 saturated carbocycles. The van der Waals surface area contributed by atoms with Gasteiger partial charge in [0, 0.05) is 23.3 Å². The van der Waals surface area contributed by atoms with Crippen molar-refractivity contribution in [1.82, 2.24) is 24.8 Å². The van der Waals surface area contributed by atoms with Crippen LogP contribution in [0.1, 0.15) is 72.6 Å². The normalized spacial score (nSPS) is 27.1. The number of methoxy groups -OCH3 is 1. The number of carboxylic acid groups (broad SMARTS) is 1. The molecule has 16 nitrogen and oxygen atoms in total. The number of hydrogen-bond acceptors (Lipinski definition) is 11. The number of allylic oxidation sites excluding steroid dienone is 1. The van der Waals surface area contributed by atoms with Gasteiger partial charge in [0.25, 0.3) is 5.91 Å². The van der Waals surface area contributed by atoms with Gasteiger partial charge in [-0.15, -0.1) is 0 Å². The number of rotatable bonds is 9. The predicted octanol–water partition coefficient (Wildman–Crippen LogP) is 6.22. The first-order valence-electron chi connectivity index (χ1n) is 22.1. The van der Waals surface area contributed by atoms with Crippen LogP contribution < -0.4 is 29.0 Å². The fourth-order valence-corrected chi connectivity index (χ4v) is 10.8. The molecule has 5 aliphatic rings. The van der Waals surface area contributed by atoms with Gasteiger partial charge in [0.2, 0.25) is 27.7 Å². The van der Waals surface area contributed by atoms with Gasteiger partial charge in [0.15, 0.2) is 11.5 Å². The van der Waals surface area contributed by atoms with E-state index in [1.54, 1.807) is 48.6 Å². The van der Waals surface area contributed by atoms with Gasteiger partial charge in [-0.1, -0.05) is 26.0 Å². The van der Waals surface area contributed by atoms with E-state index in [0.29, 0.717) is 92.0 Å². The molecule has 1 aromatic heterocycles. The van der Waals surface area contributed by atoms with Crippen molar-refractivity contribution in [3.63, 3.8) is 0 Å². The van der Waals surface area contributed by atoms with Gasteiger partial charge in [-0.05, 0) is 112 Å². The summed E-state index contributed by atoms with van der Waals surface area (Å²) in [5.41, 5.74) is -3.72. The Morgan fingerprint density at radius 3 is 2.42 bits per heavy atom. The number of aromatic nitrogens is 1. The fraction of sp³-hybridized carbons (Fsp3) is 0.543. The summed E-state index contributed by atoms with van der Waals surface area (Å²) in [5, 5.41) is 13.7. The smallest absolute Gasteiger partial charge is 0.411 e. The van der Waals surface area contributed by atoms with Crippen molar-refractivity contribution < 1.29 is 64.8 Å². The summed E-state index contributed by atoms with van der Waals surface area (Å²) in [6, 6.07) is 8.86. The van der Waals surface area contributed by atoms with Gasteiger partial charge < -0.3 is 34.3 Å². The molecule has 3 N–H and O–H groups in total. The number of halogens is 3. The van der Waals surface area contributed by atoms with E-state index in [9.17, 15) is 41.1 Å². The number of amides is 4. The molecule has 20 heteroatoms. The summed E-state index contributed by atoms with van der Waals surface area (Å²) < 4.78 is 96.5. The van der Waals surface area contributed by atoms with Crippen LogP contribution in [0.15, 0.2) is 54.6 Å². The van der Waals surface area contributed by atoms with Gasteiger partial charge in [-0.25, -0.2) is 18.2 Å². The van der Waals surface area contributed by atoms with E-state index in [1.165, 1.54) is 14.0 Å². The third-order valence-corrected chi connectivity index (χ3v) is 15.3. The van der Waals surface area contributed by atoms with Gasteiger partial charge >= 0.3 is 12.3 Å². The second-order valence-corrected chi connectivity index (χ2v) is 20.6. The number of carbonyl (C=O) groups excluding carboxylic acids is 3. The monoisotopic (exact) mass is 941 g/mol. The fourth-order valence-electron chi connectivity index (χ4n) is 9.41. The number of pyridine rings is 1. The second-order valence-electron chi connectivity index (χ2n) is 18.7. The van der Waals surface area contributed by atoms with Crippen LogP contribution in [0.5, 0.6) is 23.1 Å². The summed E-state index contributed by atoms with van der Waals surface area (Å²) in [5.74, 6) is -3.06. The van der Waals surface area contributed by atoms with Gasteiger partial charge in [-0.2, -0.15) is 13.2 Å². The molecule has 2 aliphatic carbocycles. The number of nitrogens with one attached hydrogen (secondary N) is 2.